The van der Waals surface area contributed by atoms with Crippen molar-refractivity contribution >= 4 is 50.8 Å². The number of rotatable bonds is 5. The van der Waals surface area contributed by atoms with E-state index >= 15 is 0 Å². The largest absolute Gasteiger partial charge is 0.478 e. The number of amides is 1. The third-order valence-electron chi connectivity index (χ3n) is 4.75. The van der Waals surface area contributed by atoms with Crippen molar-refractivity contribution in [2.75, 3.05) is 18.4 Å². The van der Waals surface area contributed by atoms with E-state index < -0.39 is 21.9 Å². The average molecular weight is 457 g/mol. The van der Waals surface area contributed by atoms with Gasteiger partial charge in [-0.05, 0) is 55.3 Å². The monoisotopic (exact) mass is 456 g/mol. The van der Waals surface area contributed by atoms with Crippen LogP contribution in [0.1, 0.15) is 23.2 Å². The predicted molar refractivity (Wildman–Crippen MR) is 110 cm³/mol. The van der Waals surface area contributed by atoms with Crippen LogP contribution in [-0.4, -0.2) is 42.8 Å². The van der Waals surface area contributed by atoms with Gasteiger partial charge in [0, 0.05) is 29.1 Å². The van der Waals surface area contributed by atoms with Gasteiger partial charge in [-0.2, -0.15) is 4.31 Å². The number of carboxylic acids is 1. The highest BCUT2D eigenvalue weighted by molar-refractivity contribution is 7.89. The summed E-state index contributed by atoms with van der Waals surface area (Å²) >= 11 is 11.7. The molecule has 1 heterocycles. The Labute approximate surface area is 178 Å². The van der Waals surface area contributed by atoms with Crippen LogP contribution in [0, 0.1) is 5.92 Å². The number of nitrogens with one attached hydrogen (secondary N) is 1. The molecule has 0 atom stereocenters. The standard InChI is InChI=1S/C19H18Cl2N2O5S/c20-13-1-4-15(5-2-13)29(27,28)23-9-7-12(8-10-23)18(24)22-17-11-14(21)3-6-16(17)19(25)26/h1-6,11-12H,7-10H2,(H,22,24)(H,25,26). The molecule has 1 fully saturated rings. The fourth-order valence-corrected chi connectivity index (χ4v) is 4.92. The van der Waals surface area contributed by atoms with E-state index in [4.69, 9.17) is 23.2 Å². The minimum atomic E-state index is -3.66. The third-order valence-corrected chi connectivity index (χ3v) is 7.15. The van der Waals surface area contributed by atoms with Gasteiger partial charge in [0.1, 0.15) is 0 Å². The fraction of sp³-hybridized carbons (Fsp3) is 0.263. The van der Waals surface area contributed by atoms with E-state index in [9.17, 15) is 23.1 Å². The zero-order valence-electron chi connectivity index (χ0n) is 15.1. The Balaban J connectivity index is 1.66. The molecule has 2 N–H and O–H groups in total. The first-order chi connectivity index (χ1) is 13.7. The molecule has 0 unspecified atom stereocenters. The van der Waals surface area contributed by atoms with Gasteiger partial charge >= 0.3 is 5.97 Å². The minimum Gasteiger partial charge on any atom is -0.478 e. The number of hydrogen-bond acceptors (Lipinski definition) is 4. The molecule has 2 aromatic carbocycles. The van der Waals surface area contributed by atoms with Crippen molar-refractivity contribution in [2.45, 2.75) is 17.7 Å². The van der Waals surface area contributed by atoms with Gasteiger partial charge in [0.2, 0.25) is 15.9 Å². The second-order valence-electron chi connectivity index (χ2n) is 6.62. The summed E-state index contributed by atoms with van der Waals surface area (Å²) < 4.78 is 26.8. The van der Waals surface area contributed by atoms with Crippen LogP contribution < -0.4 is 5.32 Å². The molecule has 0 aromatic heterocycles. The van der Waals surface area contributed by atoms with Crippen LogP contribution in [0.25, 0.3) is 0 Å². The van der Waals surface area contributed by atoms with Crippen molar-refractivity contribution in [1.82, 2.24) is 4.31 Å². The molecular formula is C19H18Cl2N2O5S. The topological polar surface area (TPSA) is 104 Å². The maximum absolute atomic E-state index is 12.7. The van der Waals surface area contributed by atoms with Gasteiger partial charge < -0.3 is 10.4 Å². The number of anilines is 1. The number of aromatic carboxylic acids is 1. The second kappa shape index (κ2) is 8.71. The molecule has 1 saturated heterocycles. The first kappa shape index (κ1) is 21.6. The number of piperidine rings is 1. The van der Waals surface area contributed by atoms with Gasteiger partial charge in [-0.3, -0.25) is 4.79 Å². The molecule has 0 bridgehead atoms. The van der Waals surface area contributed by atoms with E-state index in [0.29, 0.717) is 22.9 Å². The Kier molecular flexibility index (Phi) is 6.48. The number of hydrogen-bond donors (Lipinski definition) is 2. The highest BCUT2D eigenvalue weighted by atomic mass is 35.5. The van der Waals surface area contributed by atoms with Crippen LogP contribution in [0.2, 0.25) is 10.0 Å². The van der Waals surface area contributed by atoms with Crippen molar-refractivity contribution in [3.05, 3.63) is 58.1 Å². The van der Waals surface area contributed by atoms with Gasteiger partial charge in [0.15, 0.2) is 0 Å². The molecule has 1 aliphatic heterocycles. The molecule has 29 heavy (non-hydrogen) atoms. The lowest BCUT2D eigenvalue weighted by atomic mass is 9.97. The summed E-state index contributed by atoms with van der Waals surface area (Å²) in [6.07, 6.45) is 0.642. The zero-order chi connectivity index (χ0) is 21.2. The first-order valence-corrected chi connectivity index (χ1v) is 11.0. The van der Waals surface area contributed by atoms with E-state index in [1.165, 1.54) is 46.8 Å². The normalized spacial score (nSPS) is 15.8. The van der Waals surface area contributed by atoms with Gasteiger partial charge in [0.05, 0.1) is 16.1 Å². The van der Waals surface area contributed by atoms with Crippen molar-refractivity contribution in [1.29, 1.82) is 0 Å². The van der Waals surface area contributed by atoms with Gasteiger partial charge in [0.25, 0.3) is 0 Å². The lowest BCUT2D eigenvalue weighted by molar-refractivity contribution is -0.120. The van der Waals surface area contributed by atoms with Crippen LogP contribution in [0.15, 0.2) is 47.4 Å². The van der Waals surface area contributed by atoms with E-state index in [2.05, 4.69) is 5.32 Å². The van der Waals surface area contributed by atoms with E-state index in [1.54, 1.807) is 0 Å². The maximum atomic E-state index is 12.7. The molecule has 0 spiro atoms. The minimum absolute atomic E-state index is 0.0643. The Morgan fingerprint density at radius 3 is 2.17 bits per heavy atom. The maximum Gasteiger partial charge on any atom is 0.337 e. The van der Waals surface area contributed by atoms with Crippen molar-refractivity contribution in [3.8, 4) is 0 Å². The molecule has 2 aromatic rings. The number of halogens is 2. The van der Waals surface area contributed by atoms with Gasteiger partial charge in [-0.25, -0.2) is 13.2 Å². The molecule has 7 nitrogen and oxygen atoms in total. The fourth-order valence-electron chi connectivity index (χ4n) is 3.16. The molecule has 0 aliphatic carbocycles. The van der Waals surface area contributed by atoms with E-state index in [1.807, 2.05) is 0 Å². The number of carboxylic acid groups (broad SMARTS) is 1. The summed E-state index contributed by atoms with van der Waals surface area (Å²) in [5.74, 6) is -1.98. The van der Waals surface area contributed by atoms with Crippen LogP contribution in [0.3, 0.4) is 0 Å². The summed E-state index contributed by atoms with van der Waals surface area (Å²) in [6.45, 7) is 0.370. The lowest BCUT2D eigenvalue weighted by Crippen LogP contribution is -2.41. The molecule has 1 amide bonds. The van der Waals surface area contributed by atoms with Crippen LogP contribution in [0.4, 0.5) is 5.69 Å². The highest BCUT2D eigenvalue weighted by Gasteiger charge is 2.32. The average Bonchev–Trinajstić information content (AvgIpc) is 2.68. The molecular weight excluding hydrogens is 439 g/mol. The third kappa shape index (κ3) is 4.90. The first-order valence-electron chi connectivity index (χ1n) is 8.78. The number of carbonyl (C=O) groups excluding carboxylic acids is 1. The van der Waals surface area contributed by atoms with Gasteiger partial charge in [-0.15, -0.1) is 0 Å². The molecule has 10 heteroatoms. The summed E-state index contributed by atoms with van der Waals surface area (Å²) in [5, 5.41) is 12.6. The molecule has 154 valence electrons. The van der Waals surface area contributed by atoms with Crippen molar-refractivity contribution in [3.63, 3.8) is 0 Å². The zero-order valence-corrected chi connectivity index (χ0v) is 17.5. The number of carbonyl (C=O) groups is 2. The highest BCUT2D eigenvalue weighted by Crippen LogP contribution is 2.27. The Morgan fingerprint density at radius 1 is 1.00 bits per heavy atom. The van der Waals surface area contributed by atoms with Crippen molar-refractivity contribution < 1.29 is 23.1 Å². The summed E-state index contributed by atoms with van der Waals surface area (Å²) in [5.41, 5.74) is 0.0525. The summed E-state index contributed by atoms with van der Waals surface area (Å²) in [6, 6.07) is 10.1. The molecule has 0 saturated carbocycles. The predicted octanol–water partition coefficient (Wildman–Crippen LogP) is 3.73. The SMILES string of the molecule is O=C(O)c1ccc(Cl)cc1NC(=O)C1CCN(S(=O)(=O)c2ccc(Cl)cc2)CC1. The molecule has 0 radical (unpaired) electrons. The van der Waals surface area contributed by atoms with E-state index in [0.717, 1.165) is 0 Å². The smallest absolute Gasteiger partial charge is 0.337 e. The quantitative estimate of drug-likeness (QED) is 0.712. The second-order valence-corrected chi connectivity index (χ2v) is 9.43. The number of benzene rings is 2. The van der Waals surface area contributed by atoms with Crippen LogP contribution in [-0.2, 0) is 14.8 Å². The Morgan fingerprint density at radius 2 is 1.59 bits per heavy atom. The Bertz CT molecular complexity index is 1030. The molecule has 1 aliphatic rings. The summed E-state index contributed by atoms with van der Waals surface area (Å²) in [4.78, 5) is 24.1. The molecule has 3 rings (SSSR count). The van der Waals surface area contributed by atoms with Crippen LogP contribution in [0.5, 0.6) is 0 Å². The Hall–Kier alpha value is -2.13. The van der Waals surface area contributed by atoms with Crippen LogP contribution >= 0.6 is 23.2 Å². The number of nitrogens with zero attached hydrogens (tertiary/aromatic N) is 1. The van der Waals surface area contributed by atoms with Crippen molar-refractivity contribution in [2.24, 2.45) is 5.92 Å². The lowest BCUT2D eigenvalue weighted by Gasteiger charge is -2.30. The van der Waals surface area contributed by atoms with Gasteiger partial charge in [-0.1, -0.05) is 23.2 Å². The van der Waals surface area contributed by atoms with E-state index in [-0.39, 0.29) is 35.1 Å². The summed E-state index contributed by atoms with van der Waals surface area (Å²) in [7, 11) is -3.66. The number of sulfonamides is 1.